The lowest BCUT2D eigenvalue weighted by Gasteiger charge is -2.10. The van der Waals surface area contributed by atoms with Gasteiger partial charge in [-0.25, -0.2) is 0 Å². The molecule has 0 spiro atoms. The highest BCUT2D eigenvalue weighted by Gasteiger charge is 2.05. The average molecular weight is 254 g/mol. The Morgan fingerprint density at radius 1 is 0.789 bits per heavy atom. The molecule has 0 aliphatic rings. The SMILES string of the molecule is CCCCCc1ccccc1Cc1ccccc1O. The van der Waals surface area contributed by atoms with Gasteiger partial charge in [0.15, 0.2) is 0 Å². The molecule has 0 heterocycles. The van der Waals surface area contributed by atoms with Crippen molar-refractivity contribution in [3.8, 4) is 5.75 Å². The number of benzene rings is 2. The summed E-state index contributed by atoms with van der Waals surface area (Å²) in [5, 5.41) is 9.88. The maximum absolute atomic E-state index is 9.88. The number of phenolic OH excluding ortho intramolecular Hbond substituents is 1. The number of rotatable bonds is 6. The Kier molecular flexibility index (Phi) is 5.02. The number of aryl methyl sites for hydroxylation is 1. The van der Waals surface area contributed by atoms with Crippen LogP contribution in [0.5, 0.6) is 5.75 Å². The summed E-state index contributed by atoms with van der Waals surface area (Å²) >= 11 is 0. The van der Waals surface area contributed by atoms with E-state index < -0.39 is 0 Å². The molecular weight excluding hydrogens is 232 g/mol. The average Bonchev–Trinajstić information content (AvgIpc) is 2.43. The Morgan fingerprint density at radius 2 is 1.42 bits per heavy atom. The van der Waals surface area contributed by atoms with Crippen molar-refractivity contribution in [2.45, 2.75) is 39.0 Å². The summed E-state index contributed by atoms with van der Waals surface area (Å²) in [5.74, 6) is 0.394. The first-order valence-corrected chi connectivity index (χ1v) is 7.15. The Hall–Kier alpha value is -1.76. The normalized spacial score (nSPS) is 10.6. The van der Waals surface area contributed by atoms with Gasteiger partial charge >= 0.3 is 0 Å². The molecule has 0 aromatic heterocycles. The minimum absolute atomic E-state index is 0.394. The van der Waals surface area contributed by atoms with Crippen LogP contribution in [0.2, 0.25) is 0 Å². The van der Waals surface area contributed by atoms with Crippen LogP contribution in [0.4, 0.5) is 0 Å². The molecule has 1 nitrogen and oxygen atoms in total. The number of para-hydroxylation sites is 1. The zero-order chi connectivity index (χ0) is 13.5. The van der Waals surface area contributed by atoms with Gasteiger partial charge in [-0.2, -0.15) is 0 Å². The van der Waals surface area contributed by atoms with E-state index in [1.807, 2.05) is 18.2 Å². The van der Waals surface area contributed by atoms with Crippen LogP contribution in [0.25, 0.3) is 0 Å². The summed E-state index contributed by atoms with van der Waals surface area (Å²) in [7, 11) is 0. The molecule has 2 aromatic carbocycles. The minimum Gasteiger partial charge on any atom is -0.508 e. The summed E-state index contributed by atoms with van der Waals surface area (Å²) < 4.78 is 0. The highest BCUT2D eigenvalue weighted by Crippen LogP contribution is 2.22. The second-order valence-corrected chi connectivity index (χ2v) is 5.03. The lowest BCUT2D eigenvalue weighted by molar-refractivity contribution is 0.469. The first-order chi connectivity index (χ1) is 9.31. The molecule has 1 heteroatoms. The van der Waals surface area contributed by atoms with E-state index in [0.717, 1.165) is 18.4 Å². The molecule has 0 aliphatic carbocycles. The van der Waals surface area contributed by atoms with Crippen molar-refractivity contribution in [2.24, 2.45) is 0 Å². The number of hydrogen-bond acceptors (Lipinski definition) is 1. The molecule has 0 unspecified atom stereocenters. The van der Waals surface area contributed by atoms with E-state index in [1.165, 1.54) is 30.4 Å². The van der Waals surface area contributed by atoms with Crippen molar-refractivity contribution < 1.29 is 5.11 Å². The van der Waals surface area contributed by atoms with E-state index in [9.17, 15) is 5.11 Å². The monoisotopic (exact) mass is 254 g/mol. The van der Waals surface area contributed by atoms with E-state index in [1.54, 1.807) is 6.07 Å². The lowest BCUT2D eigenvalue weighted by Crippen LogP contribution is -1.96. The summed E-state index contributed by atoms with van der Waals surface area (Å²) in [6, 6.07) is 16.2. The van der Waals surface area contributed by atoms with Crippen molar-refractivity contribution >= 4 is 0 Å². The highest BCUT2D eigenvalue weighted by molar-refractivity contribution is 5.39. The Bertz CT molecular complexity index is 517. The summed E-state index contributed by atoms with van der Waals surface area (Å²) in [6.45, 7) is 2.23. The first kappa shape index (κ1) is 13.7. The minimum atomic E-state index is 0.394. The maximum Gasteiger partial charge on any atom is 0.119 e. The van der Waals surface area contributed by atoms with Crippen LogP contribution in [-0.2, 0) is 12.8 Å². The topological polar surface area (TPSA) is 20.2 Å². The van der Waals surface area contributed by atoms with Crippen molar-refractivity contribution in [1.82, 2.24) is 0 Å². The molecule has 0 bridgehead atoms. The maximum atomic E-state index is 9.88. The van der Waals surface area contributed by atoms with Crippen LogP contribution < -0.4 is 0 Å². The van der Waals surface area contributed by atoms with Crippen molar-refractivity contribution in [1.29, 1.82) is 0 Å². The first-order valence-electron chi connectivity index (χ1n) is 7.15. The zero-order valence-electron chi connectivity index (χ0n) is 11.6. The number of unbranched alkanes of at least 4 members (excludes halogenated alkanes) is 2. The van der Waals surface area contributed by atoms with Crippen LogP contribution in [0.15, 0.2) is 48.5 Å². The van der Waals surface area contributed by atoms with E-state index >= 15 is 0 Å². The van der Waals surface area contributed by atoms with Crippen LogP contribution >= 0.6 is 0 Å². The molecule has 2 rings (SSSR count). The third-order valence-corrected chi connectivity index (χ3v) is 3.54. The molecule has 0 aliphatic heterocycles. The quantitative estimate of drug-likeness (QED) is 0.740. The van der Waals surface area contributed by atoms with Gasteiger partial charge in [-0.1, -0.05) is 62.2 Å². The molecule has 100 valence electrons. The smallest absolute Gasteiger partial charge is 0.119 e. The fourth-order valence-electron chi connectivity index (χ4n) is 2.40. The third-order valence-electron chi connectivity index (χ3n) is 3.54. The van der Waals surface area contributed by atoms with Crippen molar-refractivity contribution in [3.05, 3.63) is 65.2 Å². The second kappa shape index (κ2) is 6.98. The standard InChI is InChI=1S/C18H22O/c1-2-3-4-9-15-10-5-6-11-16(15)14-17-12-7-8-13-18(17)19/h5-8,10-13,19H,2-4,9,14H2,1H3. The van der Waals surface area contributed by atoms with Gasteiger partial charge in [0.05, 0.1) is 0 Å². The van der Waals surface area contributed by atoms with E-state index in [0.29, 0.717) is 5.75 Å². The van der Waals surface area contributed by atoms with Gasteiger partial charge in [0.2, 0.25) is 0 Å². The Morgan fingerprint density at radius 3 is 2.11 bits per heavy atom. The molecule has 2 aromatic rings. The predicted octanol–water partition coefficient (Wildman–Crippen LogP) is 4.72. The summed E-state index contributed by atoms with van der Waals surface area (Å²) in [4.78, 5) is 0. The Balaban J connectivity index is 2.13. The van der Waals surface area contributed by atoms with Gasteiger partial charge in [0.25, 0.3) is 0 Å². The molecule has 0 saturated carbocycles. The van der Waals surface area contributed by atoms with E-state index in [2.05, 4.69) is 31.2 Å². The largest absolute Gasteiger partial charge is 0.508 e. The summed E-state index contributed by atoms with van der Waals surface area (Å²) in [5.41, 5.74) is 3.75. The fraction of sp³-hybridized carbons (Fsp3) is 0.333. The number of hydrogen-bond donors (Lipinski definition) is 1. The van der Waals surface area contributed by atoms with Crippen LogP contribution in [0.3, 0.4) is 0 Å². The van der Waals surface area contributed by atoms with Gasteiger partial charge in [-0.15, -0.1) is 0 Å². The zero-order valence-corrected chi connectivity index (χ0v) is 11.6. The fourth-order valence-corrected chi connectivity index (χ4v) is 2.40. The van der Waals surface area contributed by atoms with Gasteiger partial charge < -0.3 is 5.11 Å². The molecule has 19 heavy (non-hydrogen) atoms. The van der Waals surface area contributed by atoms with Crippen LogP contribution in [-0.4, -0.2) is 5.11 Å². The summed E-state index contributed by atoms with van der Waals surface area (Å²) in [6.07, 6.45) is 5.73. The molecule has 1 N–H and O–H groups in total. The van der Waals surface area contributed by atoms with Gasteiger partial charge in [0, 0.05) is 6.42 Å². The molecule has 0 atom stereocenters. The molecular formula is C18H22O. The predicted molar refractivity (Wildman–Crippen MR) is 80.6 cm³/mol. The number of phenols is 1. The lowest BCUT2D eigenvalue weighted by atomic mass is 9.96. The van der Waals surface area contributed by atoms with E-state index in [4.69, 9.17) is 0 Å². The molecule has 0 saturated heterocycles. The third kappa shape index (κ3) is 3.85. The second-order valence-electron chi connectivity index (χ2n) is 5.03. The molecule has 0 amide bonds. The highest BCUT2D eigenvalue weighted by atomic mass is 16.3. The molecule has 0 radical (unpaired) electrons. The van der Waals surface area contributed by atoms with Crippen molar-refractivity contribution in [3.63, 3.8) is 0 Å². The Labute approximate surface area is 115 Å². The van der Waals surface area contributed by atoms with Crippen LogP contribution in [0.1, 0.15) is 42.9 Å². The van der Waals surface area contributed by atoms with Gasteiger partial charge in [0.1, 0.15) is 5.75 Å². The van der Waals surface area contributed by atoms with Gasteiger partial charge in [-0.05, 0) is 35.6 Å². The van der Waals surface area contributed by atoms with Gasteiger partial charge in [-0.3, -0.25) is 0 Å². The molecule has 0 fully saturated rings. The van der Waals surface area contributed by atoms with Crippen molar-refractivity contribution in [2.75, 3.05) is 0 Å². The van der Waals surface area contributed by atoms with Crippen LogP contribution in [0, 0.1) is 0 Å². The van der Waals surface area contributed by atoms with E-state index in [-0.39, 0.29) is 0 Å². The number of aromatic hydroxyl groups is 1.